The second-order valence-electron chi connectivity index (χ2n) is 4.24. The van der Waals surface area contributed by atoms with Crippen LogP contribution in [0.5, 0.6) is 11.5 Å². The fourth-order valence-corrected chi connectivity index (χ4v) is 1.96. The zero-order chi connectivity index (χ0) is 12.6. The quantitative estimate of drug-likeness (QED) is 0.837. The van der Waals surface area contributed by atoms with Crippen LogP contribution in [0.1, 0.15) is 13.3 Å². The fourth-order valence-electron chi connectivity index (χ4n) is 1.96. The third-order valence-electron chi connectivity index (χ3n) is 2.87. The summed E-state index contributed by atoms with van der Waals surface area (Å²) in [5, 5.41) is 3.41. The number of hydrogen-bond donors (Lipinski definition) is 1. The molecule has 0 aliphatic carbocycles. The van der Waals surface area contributed by atoms with Gasteiger partial charge >= 0.3 is 0 Å². The van der Waals surface area contributed by atoms with Crippen molar-refractivity contribution in [2.45, 2.75) is 19.4 Å². The molecule has 0 radical (unpaired) electrons. The third kappa shape index (κ3) is 3.89. The first-order chi connectivity index (χ1) is 8.90. The van der Waals surface area contributed by atoms with Crippen LogP contribution >= 0.6 is 0 Å². The van der Waals surface area contributed by atoms with Gasteiger partial charge in [0.25, 0.3) is 0 Å². The molecule has 4 nitrogen and oxygen atoms in total. The van der Waals surface area contributed by atoms with Crippen LogP contribution in [-0.4, -0.2) is 39.0 Å². The standard InChI is InChI=1S/C14H21NO3/c1-2-17-13-5-3-4-6-14(13)18-9-7-12-11-16-10-8-15-12/h3-6,12,15H,2,7-11H2,1H3. The molecule has 1 aromatic carbocycles. The van der Waals surface area contributed by atoms with Crippen molar-refractivity contribution in [2.24, 2.45) is 0 Å². The van der Waals surface area contributed by atoms with Gasteiger partial charge in [-0.05, 0) is 25.5 Å². The van der Waals surface area contributed by atoms with E-state index in [0.717, 1.165) is 37.7 Å². The second-order valence-corrected chi connectivity index (χ2v) is 4.24. The number of rotatable bonds is 6. The van der Waals surface area contributed by atoms with Gasteiger partial charge in [0, 0.05) is 12.6 Å². The Hall–Kier alpha value is -1.26. The smallest absolute Gasteiger partial charge is 0.161 e. The number of benzene rings is 1. The van der Waals surface area contributed by atoms with E-state index in [1.807, 2.05) is 31.2 Å². The van der Waals surface area contributed by atoms with Crippen LogP contribution in [-0.2, 0) is 4.74 Å². The Balaban J connectivity index is 1.78. The number of hydrogen-bond acceptors (Lipinski definition) is 4. The molecule has 4 heteroatoms. The van der Waals surface area contributed by atoms with E-state index < -0.39 is 0 Å². The largest absolute Gasteiger partial charge is 0.490 e. The average molecular weight is 251 g/mol. The molecule has 1 unspecified atom stereocenters. The van der Waals surface area contributed by atoms with Crippen LogP contribution in [0.25, 0.3) is 0 Å². The molecule has 18 heavy (non-hydrogen) atoms. The summed E-state index contributed by atoms with van der Waals surface area (Å²) in [6.45, 7) is 5.81. The molecular weight excluding hydrogens is 230 g/mol. The molecule has 1 fully saturated rings. The highest BCUT2D eigenvalue weighted by molar-refractivity contribution is 5.39. The van der Waals surface area contributed by atoms with E-state index in [0.29, 0.717) is 19.3 Å². The number of morpholine rings is 1. The minimum atomic E-state index is 0.401. The summed E-state index contributed by atoms with van der Waals surface area (Å²) in [5.41, 5.74) is 0. The molecule has 1 atom stereocenters. The first kappa shape index (κ1) is 13.2. The lowest BCUT2D eigenvalue weighted by atomic mass is 10.2. The van der Waals surface area contributed by atoms with E-state index in [9.17, 15) is 0 Å². The van der Waals surface area contributed by atoms with Crippen LogP contribution < -0.4 is 14.8 Å². The lowest BCUT2D eigenvalue weighted by molar-refractivity contribution is 0.0689. The maximum absolute atomic E-state index is 5.77. The lowest BCUT2D eigenvalue weighted by Gasteiger charge is -2.23. The van der Waals surface area contributed by atoms with E-state index >= 15 is 0 Å². The number of nitrogens with one attached hydrogen (secondary N) is 1. The zero-order valence-corrected chi connectivity index (χ0v) is 10.9. The SMILES string of the molecule is CCOc1ccccc1OCCC1COCCN1. The summed E-state index contributed by atoms with van der Waals surface area (Å²) in [7, 11) is 0. The molecule has 0 bridgehead atoms. The van der Waals surface area contributed by atoms with Crippen molar-refractivity contribution < 1.29 is 14.2 Å². The van der Waals surface area contributed by atoms with E-state index in [4.69, 9.17) is 14.2 Å². The molecule has 0 saturated carbocycles. The molecular formula is C14H21NO3. The first-order valence-electron chi connectivity index (χ1n) is 6.56. The van der Waals surface area contributed by atoms with Gasteiger partial charge in [0.05, 0.1) is 26.4 Å². The van der Waals surface area contributed by atoms with Crippen LogP contribution in [0.15, 0.2) is 24.3 Å². The molecule has 0 aromatic heterocycles. The minimum Gasteiger partial charge on any atom is -0.490 e. The van der Waals surface area contributed by atoms with Crippen molar-refractivity contribution in [3.8, 4) is 11.5 Å². The molecule has 1 N–H and O–H groups in total. The van der Waals surface area contributed by atoms with Gasteiger partial charge in [-0.15, -0.1) is 0 Å². The van der Waals surface area contributed by atoms with Crippen LogP contribution in [0.4, 0.5) is 0 Å². The highest BCUT2D eigenvalue weighted by atomic mass is 16.5. The van der Waals surface area contributed by atoms with Gasteiger partial charge in [0.1, 0.15) is 0 Å². The monoisotopic (exact) mass is 251 g/mol. The Bertz CT molecular complexity index is 351. The summed E-state index contributed by atoms with van der Waals surface area (Å²) < 4.78 is 16.7. The molecule has 1 saturated heterocycles. The third-order valence-corrected chi connectivity index (χ3v) is 2.87. The average Bonchev–Trinajstić information content (AvgIpc) is 2.42. The zero-order valence-electron chi connectivity index (χ0n) is 10.9. The van der Waals surface area contributed by atoms with Crippen LogP contribution in [0.3, 0.4) is 0 Å². The van der Waals surface area contributed by atoms with Crippen molar-refractivity contribution in [1.29, 1.82) is 0 Å². The van der Waals surface area contributed by atoms with Crippen molar-refractivity contribution in [1.82, 2.24) is 5.32 Å². The van der Waals surface area contributed by atoms with Gasteiger partial charge in [-0.1, -0.05) is 12.1 Å². The summed E-state index contributed by atoms with van der Waals surface area (Å²) >= 11 is 0. The van der Waals surface area contributed by atoms with Crippen molar-refractivity contribution in [2.75, 3.05) is 33.0 Å². The van der Waals surface area contributed by atoms with Crippen molar-refractivity contribution in [3.05, 3.63) is 24.3 Å². The second kappa shape index (κ2) is 7.24. The molecule has 0 spiro atoms. The van der Waals surface area contributed by atoms with Gasteiger partial charge in [-0.3, -0.25) is 0 Å². The maximum Gasteiger partial charge on any atom is 0.161 e. The summed E-state index contributed by atoms with van der Waals surface area (Å²) in [4.78, 5) is 0. The normalized spacial score (nSPS) is 19.5. The maximum atomic E-state index is 5.77. The molecule has 2 rings (SSSR count). The van der Waals surface area contributed by atoms with E-state index in [-0.39, 0.29) is 0 Å². The van der Waals surface area contributed by atoms with Crippen LogP contribution in [0, 0.1) is 0 Å². The van der Waals surface area contributed by atoms with Gasteiger partial charge in [-0.25, -0.2) is 0 Å². The molecule has 0 amide bonds. The first-order valence-corrected chi connectivity index (χ1v) is 6.56. The minimum absolute atomic E-state index is 0.401. The molecule has 1 aliphatic heterocycles. The summed E-state index contributed by atoms with van der Waals surface area (Å²) in [6.07, 6.45) is 0.945. The predicted molar refractivity (Wildman–Crippen MR) is 70.3 cm³/mol. The molecule has 1 heterocycles. The number of ether oxygens (including phenoxy) is 3. The predicted octanol–water partition coefficient (Wildman–Crippen LogP) is 1.84. The number of para-hydroxylation sites is 2. The van der Waals surface area contributed by atoms with Crippen molar-refractivity contribution in [3.63, 3.8) is 0 Å². The van der Waals surface area contributed by atoms with Crippen molar-refractivity contribution >= 4 is 0 Å². The Labute approximate surface area is 108 Å². The summed E-state index contributed by atoms with van der Waals surface area (Å²) in [5.74, 6) is 1.63. The Morgan fingerprint density at radius 3 is 2.72 bits per heavy atom. The van der Waals surface area contributed by atoms with Gasteiger partial charge in [0.2, 0.25) is 0 Å². The van der Waals surface area contributed by atoms with E-state index in [1.54, 1.807) is 0 Å². The van der Waals surface area contributed by atoms with E-state index in [2.05, 4.69) is 5.32 Å². The Morgan fingerprint density at radius 1 is 1.28 bits per heavy atom. The fraction of sp³-hybridized carbons (Fsp3) is 0.571. The lowest BCUT2D eigenvalue weighted by Crippen LogP contribution is -2.41. The molecule has 1 aromatic rings. The highest BCUT2D eigenvalue weighted by Crippen LogP contribution is 2.26. The Morgan fingerprint density at radius 2 is 2.06 bits per heavy atom. The topological polar surface area (TPSA) is 39.7 Å². The Kier molecular flexibility index (Phi) is 5.30. The molecule has 100 valence electrons. The van der Waals surface area contributed by atoms with Crippen LogP contribution in [0.2, 0.25) is 0 Å². The van der Waals surface area contributed by atoms with Gasteiger partial charge in [0.15, 0.2) is 11.5 Å². The van der Waals surface area contributed by atoms with E-state index in [1.165, 1.54) is 0 Å². The van der Waals surface area contributed by atoms with Gasteiger partial charge in [-0.2, -0.15) is 0 Å². The highest BCUT2D eigenvalue weighted by Gasteiger charge is 2.13. The molecule has 1 aliphatic rings. The van der Waals surface area contributed by atoms with Gasteiger partial charge < -0.3 is 19.5 Å². The summed E-state index contributed by atoms with van der Waals surface area (Å²) in [6, 6.07) is 8.18.